The van der Waals surface area contributed by atoms with Crippen LogP contribution in [0.4, 0.5) is 0 Å². The maximum absolute atomic E-state index is 5.82. The van der Waals surface area contributed by atoms with Gasteiger partial charge in [0.25, 0.3) is 0 Å². The van der Waals surface area contributed by atoms with Crippen molar-refractivity contribution in [1.29, 1.82) is 0 Å². The van der Waals surface area contributed by atoms with Crippen LogP contribution in [0.25, 0.3) is 11.1 Å². The van der Waals surface area contributed by atoms with Crippen LogP contribution in [-0.2, 0) is 0 Å². The maximum Gasteiger partial charge on any atom is 0.119 e. The van der Waals surface area contributed by atoms with Crippen LogP contribution in [0.5, 0.6) is 5.75 Å². The van der Waals surface area contributed by atoms with Gasteiger partial charge in [-0.2, -0.15) is 0 Å². The van der Waals surface area contributed by atoms with E-state index in [0.29, 0.717) is 6.61 Å². The first-order valence-electron chi connectivity index (χ1n) is 7.79. The van der Waals surface area contributed by atoms with E-state index in [1.54, 1.807) is 0 Å². The lowest BCUT2D eigenvalue weighted by molar-refractivity contribution is 0.344. The number of rotatable bonds is 6. The second-order valence-electron chi connectivity index (χ2n) is 5.40. The van der Waals surface area contributed by atoms with Crippen LogP contribution < -0.4 is 4.74 Å². The molecule has 0 spiro atoms. The summed E-state index contributed by atoms with van der Waals surface area (Å²) >= 11 is 1.82. The van der Waals surface area contributed by atoms with E-state index in [0.717, 1.165) is 11.5 Å². The number of aryl methyl sites for hydroxylation is 1. The number of hydrogen-bond acceptors (Lipinski definition) is 2. The third-order valence-corrected chi connectivity index (χ3v) is 4.58. The van der Waals surface area contributed by atoms with E-state index in [1.807, 2.05) is 30.0 Å². The highest BCUT2D eigenvalue weighted by atomic mass is 32.2. The highest BCUT2D eigenvalue weighted by Crippen LogP contribution is 2.23. The zero-order chi connectivity index (χ0) is 15.9. The molecule has 0 aliphatic heterocycles. The van der Waals surface area contributed by atoms with E-state index in [4.69, 9.17) is 4.74 Å². The van der Waals surface area contributed by atoms with Crippen molar-refractivity contribution in [3.8, 4) is 16.9 Å². The number of thioether (sulfide) groups is 1. The van der Waals surface area contributed by atoms with Crippen molar-refractivity contribution in [3.63, 3.8) is 0 Å². The molecule has 3 aromatic rings. The van der Waals surface area contributed by atoms with Gasteiger partial charge in [-0.15, -0.1) is 11.8 Å². The van der Waals surface area contributed by atoms with Gasteiger partial charge in [0.2, 0.25) is 0 Å². The molecule has 1 nitrogen and oxygen atoms in total. The summed E-state index contributed by atoms with van der Waals surface area (Å²) in [6.45, 7) is 2.82. The summed E-state index contributed by atoms with van der Waals surface area (Å²) in [7, 11) is 0. The highest BCUT2D eigenvalue weighted by molar-refractivity contribution is 7.99. The maximum atomic E-state index is 5.82. The van der Waals surface area contributed by atoms with Crippen LogP contribution in [0.15, 0.2) is 83.8 Å². The molecule has 2 heteroatoms. The topological polar surface area (TPSA) is 9.23 Å². The van der Waals surface area contributed by atoms with E-state index in [1.165, 1.54) is 21.6 Å². The molecule has 0 fully saturated rings. The Morgan fingerprint density at radius 3 is 2.09 bits per heavy atom. The molecule has 0 heterocycles. The monoisotopic (exact) mass is 320 g/mol. The second kappa shape index (κ2) is 7.89. The van der Waals surface area contributed by atoms with Gasteiger partial charge < -0.3 is 4.74 Å². The fourth-order valence-corrected chi connectivity index (χ4v) is 3.06. The van der Waals surface area contributed by atoms with Gasteiger partial charge in [-0.1, -0.05) is 60.2 Å². The van der Waals surface area contributed by atoms with Crippen LogP contribution in [-0.4, -0.2) is 12.4 Å². The fourth-order valence-electron chi connectivity index (χ4n) is 2.33. The molecule has 23 heavy (non-hydrogen) atoms. The summed E-state index contributed by atoms with van der Waals surface area (Å²) in [6, 6.07) is 27.3. The van der Waals surface area contributed by atoms with Gasteiger partial charge in [-0.05, 0) is 42.3 Å². The van der Waals surface area contributed by atoms with Crippen molar-refractivity contribution in [2.45, 2.75) is 11.8 Å². The molecule has 116 valence electrons. The Balaban J connectivity index is 1.48. The molecule has 0 N–H and O–H groups in total. The standard InChI is InChI=1S/C21H20OS/c1-17-7-13-21(14-8-17)23-16-15-22-20-11-9-19(10-12-20)18-5-3-2-4-6-18/h2-14H,15-16H2,1H3. The minimum absolute atomic E-state index is 0.712. The molecule has 3 rings (SSSR count). The predicted octanol–water partition coefficient (Wildman–Crippen LogP) is 5.83. The van der Waals surface area contributed by atoms with Crippen molar-refractivity contribution in [2.24, 2.45) is 0 Å². The van der Waals surface area contributed by atoms with Crippen LogP contribution in [0.1, 0.15) is 5.56 Å². The number of ether oxygens (including phenoxy) is 1. The molecule has 0 aliphatic carbocycles. The summed E-state index contributed by atoms with van der Waals surface area (Å²) in [5.41, 5.74) is 3.74. The molecule has 0 bridgehead atoms. The van der Waals surface area contributed by atoms with E-state index < -0.39 is 0 Å². The average Bonchev–Trinajstić information content (AvgIpc) is 2.62. The Morgan fingerprint density at radius 2 is 1.39 bits per heavy atom. The lowest BCUT2D eigenvalue weighted by Gasteiger charge is -2.07. The Bertz CT molecular complexity index is 718. The van der Waals surface area contributed by atoms with E-state index >= 15 is 0 Å². The van der Waals surface area contributed by atoms with Gasteiger partial charge >= 0.3 is 0 Å². The van der Waals surface area contributed by atoms with Crippen molar-refractivity contribution in [2.75, 3.05) is 12.4 Å². The van der Waals surface area contributed by atoms with Crippen molar-refractivity contribution >= 4 is 11.8 Å². The molecule has 0 saturated heterocycles. The van der Waals surface area contributed by atoms with Crippen molar-refractivity contribution < 1.29 is 4.74 Å². The Hall–Kier alpha value is -2.19. The zero-order valence-electron chi connectivity index (χ0n) is 13.2. The molecular weight excluding hydrogens is 300 g/mol. The first-order chi connectivity index (χ1) is 11.3. The Labute approximate surface area is 142 Å². The third-order valence-electron chi connectivity index (χ3n) is 3.60. The van der Waals surface area contributed by atoms with E-state index in [9.17, 15) is 0 Å². The van der Waals surface area contributed by atoms with Gasteiger partial charge in [0.05, 0.1) is 6.61 Å². The molecule has 0 amide bonds. The first kappa shape index (κ1) is 15.7. The quantitative estimate of drug-likeness (QED) is 0.417. The van der Waals surface area contributed by atoms with Gasteiger partial charge in [0.15, 0.2) is 0 Å². The minimum atomic E-state index is 0.712. The Morgan fingerprint density at radius 1 is 0.739 bits per heavy atom. The predicted molar refractivity (Wildman–Crippen MR) is 99.3 cm³/mol. The molecule has 0 radical (unpaired) electrons. The average molecular weight is 320 g/mol. The van der Waals surface area contributed by atoms with Crippen LogP contribution in [0, 0.1) is 6.92 Å². The Kier molecular flexibility index (Phi) is 5.38. The van der Waals surface area contributed by atoms with E-state index in [-0.39, 0.29) is 0 Å². The zero-order valence-corrected chi connectivity index (χ0v) is 14.1. The summed E-state index contributed by atoms with van der Waals surface area (Å²) in [6.07, 6.45) is 0. The van der Waals surface area contributed by atoms with Gasteiger partial charge in [0, 0.05) is 10.6 Å². The minimum Gasteiger partial charge on any atom is -0.493 e. The number of hydrogen-bond donors (Lipinski definition) is 0. The van der Waals surface area contributed by atoms with Gasteiger partial charge in [0.1, 0.15) is 5.75 Å². The van der Waals surface area contributed by atoms with Crippen molar-refractivity contribution in [1.82, 2.24) is 0 Å². The SMILES string of the molecule is Cc1ccc(SCCOc2ccc(-c3ccccc3)cc2)cc1. The lowest BCUT2D eigenvalue weighted by Crippen LogP contribution is -1.99. The molecule has 0 atom stereocenters. The summed E-state index contributed by atoms with van der Waals surface area (Å²) in [5.74, 6) is 1.87. The smallest absolute Gasteiger partial charge is 0.119 e. The first-order valence-corrected chi connectivity index (χ1v) is 8.77. The molecule has 0 aliphatic rings. The van der Waals surface area contributed by atoms with Crippen LogP contribution in [0.2, 0.25) is 0 Å². The normalized spacial score (nSPS) is 10.5. The van der Waals surface area contributed by atoms with E-state index in [2.05, 4.69) is 67.6 Å². The molecular formula is C21H20OS. The molecule has 0 saturated carbocycles. The van der Waals surface area contributed by atoms with Gasteiger partial charge in [-0.3, -0.25) is 0 Å². The molecule has 0 unspecified atom stereocenters. The second-order valence-corrected chi connectivity index (χ2v) is 6.57. The highest BCUT2D eigenvalue weighted by Gasteiger charge is 1.99. The van der Waals surface area contributed by atoms with Gasteiger partial charge in [-0.25, -0.2) is 0 Å². The third kappa shape index (κ3) is 4.64. The molecule has 3 aromatic carbocycles. The fraction of sp³-hybridized carbons (Fsp3) is 0.143. The summed E-state index contributed by atoms with van der Waals surface area (Å²) in [4.78, 5) is 1.29. The summed E-state index contributed by atoms with van der Waals surface area (Å²) in [5, 5.41) is 0. The van der Waals surface area contributed by atoms with Crippen LogP contribution in [0.3, 0.4) is 0 Å². The largest absolute Gasteiger partial charge is 0.493 e. The lowest BCUT2D eigenvalue weighted by atomic mass is 10.1. The molecule has 0 aromatic heterocycles. The summed E-state index contributed by atoms with van der Waals surface area (Å²) < 4.78 is 5.82. The number of benzene rings is 3. The van der Waals surface area contributed by atoms with Crippen molar-refractivity contribution in [3.05, 3.63) is 84.4 Å². The van der Waals surface area contributed by atoms with Crippen LogP contribution >= 0.6 is 11.8 Å².